The summed E-state index contributed by atoms with van der Waals surface area (Å²) < 4.78 is 26.7. The molecular formula is C20H21N5O3S2. The maximum Gasteiger partial charge on any atom is 0.237 e. The lowest BCUT2D eigenvalue weighted by molar-refractivity contribution is -0.120. The number of nitrogens with zero attached hydrogens (tertiary/aromatic N) is 3. The Kier molecular flexibility index (Phi) is 5.29. The molecule has 1 saturated carbocycles. The lowest BCUT2D eigenvalue weighted by atomic mass is 9.89. The van der Waals surface area contributed by atoms with Crippen LogP contribution >= 0.6 is 11.3 Å². The van der Waals surface area contributed by atoms with Crippen molar-refractivity contribution in [2.24, 2.45) is 0 Å². The number of hydrogen-bond donors (Lipinski definition) is 2. The van der Waals surface area contributed by atoms with Gasteiger partial charge in [-0.3, -0.25) is 19.5 Å². The summed E-state index contributed by atoms with van der Waals surface area (Å²) in [7, 11) is -3.38. The van der Waals surface area contributed by atoms with Crippen LogP contribution in [0.2, 0.25) is 0 Å². The van der Waals surface area contributed by atoms with Gasteiger partial charge in [0, 0.05) is 23.3 Å². The van der Waals surface area contributed by atoms with E-state index in [1.165, 1.54) is 11.3 Å². The first-order chi connectivity index (χ1) is 14.3. The minimum absolute atomic E-state index is 0.264. The van der Waals surface area contributed by atoms with E-state index in [1.807, 2.05) is 18.2 Å². The number of aromatic nitrogens is 3. The Morgan fingerprint density at radius 3 is 2.63 bits per heavy atom. The average Bonchev–Trinajstić information content (AvgIpc) is 3.50. The van der Waals surface area contributed by atoms with Crippen LogP contribution in [0.15, 0.2) is 48.2 Å². The second-order valence-corrected chi connectivity index (χ2v) is 10.5. The van der Waals surface area contributed by atoms with Crippen molar-refractivity contribution < 1.29 is 13.2 Å². The molecule has 1 aliphatic rings. The predicted octanol–water partition coefficient (Wildman–Crippen LogP) is 3.42. The van der Waals surface area contributed by atoms with Crippen LogP contribution in [0.4, 0.5) is 10.8 Å². The Hall–Kier alpha value is -2.85. The summed E-state index contributed by atoms with van der Waals surface area (Å²) in [4.78, 5) is 25.7. The molecule has 1 aliphatic carbocycles. The molecule has 4 rings (SSSR count). The van der Waals surface area contributed by atoms with Crippen molar-refractivity contribution in [3.8, 4) is 11.3 Å². The largest absolute Gasteiger partial charge is 0.324 e. The minimum Gasteiger partial charge on any atom is -0.324 e. The number of carbonyl (C=O) groups is 1. The van der Waals surface area contributed by atoms with Crippen LogP contribution in [0.3, 0.4) is 0 Å². The maximum absolute atomic E-state index is 12.9. The van der Waals surface area contributed by atoms with Gasteiger partial charge in [-0.05, 0) is 51.0 Å². The van der Waals surface area contributed by atoms with E-state index in [9.17, 15) is 13.2 Å². The molecule has 0 saturated heterocycles. The van der Waals surface area contributed by atoms with Gasteiger partial charge in [0.15, 0.2) is 5.13 Å². The summed E-state index contributed by atoms with van der Waals surface area (Å²) >= 11 is 1.17. The van der Waals surface area contributed by atoms with Gasteiger partial charge in [0.25, 0.3) is 0 Å². The Labute approximate surface area is 178 Å². The summed E-state index contributed by atoms with van der Waals surface area (Å²) in [6.07, 6.45) is 6.36. The van der Waals surface area contributed by atoms with Gasteiger partial charge >= 0.3 is 0 Å². The second-order valence-electron chi connectivity index (χ2n) is 7.64. The zero-order chi connectivity index (χ0) is 21.4. The Morgan fingerprint density at radius 2 is 2.00 bits per heavy atom. The van der Waals surface area contributed by atoms with Crippen LogP contribution in [0.25, 0.3) is 11.3 Å². The molecule has 3 heterocycles. The number of carbonyl (C=O) groups excluding carboxylic acids is 1. The molecule has 0 spiro atoms. The van der Waals surface area contributed by atoms with Crippen molar-refractivity contribution in [2.75, 3.05) is 10.0 Å². The highest BCUT2D eigenvalue weighted by Gasteiger charge is 2.37. The molecule has 0 aliphatic heterocycles. The fraction of sp³-hybridized carbons (Fsp3) is 0.300. The SMILES string of the molecule is CC(C)(C(=O)Nc1ccc(-c2cccnc2)nc1)c1csc(NS(=O)(=O)C2CC2)n1. The molecule has 0 aromatic carbocycles. The Balaban J connectivity index is 1.45. The van der Waals surface area contributed by atoms with Gasteiger partial charge in [-0.2, -0.15) is 0 Å². The summed E-state index contributed by atoms with van der Waals surface area (Å²) in [6.45, 7) is 3.49. The van der Waals surface area contributed by atoms with E-state index in [2.05, 4.69) is 25.0 Å². The molecule has 8 nitrogen and oxygen atoms in total. The first-order valence-electron chi connectivity index (χ1n) is 9.41. The Morgan fingerprint density at radius 1 is 1.20 bits per heavy atom. The van der Waals surface area contributed by atoms with E-state index in [1.54, 1.807) is 43.9 Å². The highest BCUT2D eigenvalue weighted by molar-refractivity contribution is 7.93. The van der Waals surface area contributed by atoms with E-state index >= 15 is 0 Å². The van der Waals surface area contributed by atoms with Gasteiger partial charge in [-0.15, -0.1) is 11.3 Å². The molecule has 30 heavy (non-hydrogen) atoms. The van der Waals surface area contributed by atoms with Crippen molar-refractivity contribution in [3.05, 3.63) is 53.9 Å². The van der Waals surface area contributed by atoms with Crippen molar-refractivity contribution in [1.29, 1.82) is 0 Å². The summed E-state index contributed by atoms with van der Waals surface area (Å²) in [5.41, 5.74) is 1.75. The quantitative estimate of drug-likeness (QED) is 0.578. The van der Waals surface area contributed by atoms with Gasteiger partial charge in [0.1, 0.15) is 0 Å². The number of rotatable bonds is 7. The van der Waals surface area contributed by atoms with Gasteiger partial charge in [-0.25, -0.2) is 13.4 Å². The normalized spacial score (nSPS) is 14.3. The van der Waals surface area contributed by atoms with E-state index < -0.39 is 15.4 Å². The van der Waals surface area contributed by atoms with E-state index in [-0.39, 0.29) is 16.3 Å². The van der Waals surface area contributed by atoms with E-state index in [0.717, 1.165) is 11.3 Å². The van der Waals surface area contributed by atoms with Crippen molar-refractivity contribution in [3.63, 3.8) is 0 Å². The molecule has 0 bridgehead atoms. The van der Waals surface area contributed by atoms with Crippen molar-refractivity contribution in [2.45, 2.75) is 37.4 Å². The van der Waals surface area contributed by atoms with Crippen LogP contribution in [0.5, 0.6) is 0 Å². The maximum atomic E-state index is 12.9. The molecule has 0 unspecified atom stereocenters. The number of amides is 1. The fourth-order valence-electron chi connectivity index (χ4n) is 2.75. The zero-order valence-electron chi connectivity index (χ0n) is 16.5. The molecule has 0 atom stereocenters. The van der Waals surface area contributed by atoms with Gasteiger partial charge < -0.3 is 5.32 Å². The molecule has 156 valence electrons. The monoisotopic (exact) mass is 443 g/mol. The van der Waals surface area contributed by atoms with Crippen LogP contribution in [0, 0.1) is 0 Å². The molecule has 1 fully saturated rings. The topological polar surface area (TPSA) is 114 Å². The van der Waals surface area contributed by atoms with Gasteiger partial charge in [-0.1, -0.05) is 0 Å². The lowest BCUT2D eigenvalue weighted by Crippen LogP contribution is -2.35. The molecule has 10 heteroatoms. The number of sulfonamides is 1. The number of hydrogen-bond acceptors (Lipinski definition) is 7. The summed E-state index contributed by atoms with van der Waals surface area (Å²) in [5.74, 6) is -0.264. The fourth-order valence-corrected chi connectivity index (χ4v) is 5.22. The second kappa shape index (κ2) is 7.77. The predicted molar refractivity (Wildman–Crippen MR) is 117 cm³/mol. The van der Waals surface area contributed by atoms with Crippen LogP contribution < -0.4 is 10.0 Å². The van der Waals surface area contributed by atoms with Gasteiger partial charge in [0.2, 0.25) is 15.9 Å². The highest BCUT2D eigenvalue weighted by atomic mass is 32.2. The number of nitrogens with one attached hydrogen (secondary N) is 2. The first kappa shape index (κ1) is 20.4. The zero-order valence-corrected chi connectivity index (χ0v) is 18.1. The molecule has 0 radical (unpaired) electrons. The van der Waals surface area contributed by atoms with E-state index in [0.29, 0.717) is 24.2 Å². The molecule has 1 amide bonds. The standard InChI is InChI=1S/C20H21N5O3S2/c1-20(2,17-12-29-19(24-17)25-30(27,28)15-6-7-15)18(26)23-14-5-8-16(22-11-14)13-4-3-9-21-10-13/h3-5,8-12,15H,6-7H2,1-2H3,(H,23,26)(H,24,25). The number of thiazole rings is 1. The van der Waals surface area contributed by atoms with Crippen LogP contribution in [0.1, 0.15) is 32.4 Å². The third-order valence-corrected chi connectivity index (χ3v) is 7.60. The smallest absolute Gasteiger partial charge is 0.237 e. The lowest BCUT2D eigenvalue weighted by Gasteiger charge is -2.21. The molecule has 3 aromatic heterocycles. The molecule has 3 aromatic rings. The molecular weight excluding hydrogens is 422 g/mol. The minimum atomic E-state index is -3.38. The third kappa shape index (κ3) is 4.34. The molecule has 2 N–H and O–H groups in total. The highest BCUT2D eigenvalue weighted by Crippen LogP contribution is 2.33. The number of anilines is 2. The van der Waals surface area contributed by atoms with Crippen LogP contribution in [-0.2, 0) is 20.2 Å². The first-order valence-corrected chi connectivity index (χ1v) is 11.8. The van der Waals surface area contributed by atoms with E-state index in [4.69, 9.17) is 0 Å². The number of pyridine rings is 2. The summed E-state index contributed by atoms with van der Waals surface area (Å²) in [5, 5.41) is 4.50. The average molecular weight is 444 g/mol. The Bertz CT molecular complexity index is 1150. The van der Waals surface area contributed by atoms with Crippen molar-refractivity contribution in [1.82, 2.24) is 15.0 Å². The summed E-state index contributed by atoms with van der Waals surface area (Å²) in [6, 6.07) is 7.34. The van der Waals surface area contributed by atoms with Gasteiger partial charge in [0.05, 0.1) is 33.9 Å². The van der Waals surface area contributed by atoms with Crippen molar-refractivity contribution >= 4 is 38.1 Å². The van der Waals surface area contributed by atoms with Crippen LogP contribution in [-0.4, -0.2) is 34.5 Å². The third-order valence-electron chi connectivity index (χ3n) is 4.88.